The van der Waals surface area contributed by atoms with E-state index in [1.807, 2.05) is 18.2 Å². The third-order valence-electron chi connectivity index (χ3n) is 1.21. The summed E-state index contributed by atoms with van der Waals surface area (Å²) in [6.07, 6.45) is 0. The molecule has 0 aliphatic heterocycles. The highest BCUT2D eigenvalue weighted by Crippen LogP contribution is 2.07. The lowest BCUT2D eigenvalue weighted by atomic mass is 10.3. The van der Waals surface area contributed by atoms with Gasteiger partial charge in [0.2, 0.25) is 0 Å². The van der Waals surface area contributed by atoms with Crippen molar-refractivity contribution in [3.8, 4) is 5.75 Å². The van der Waals surface area contributed by atoms with Crippen molar-refractivity contribution in [2.24, 2.45) is 11.5 Å². The highest BCUT2D eigenvalue weighted by molar-refractivity contribution is 7.80. The molecule has 0 atom stereocenters. The molecule has 1 aromatic carbocycles. The van der Waals surface area contributed by atoms with E-state index >= 15 is 0 Å². The third-order valence-corrected chi connectivity index (χ3v) is 1.37. The van der Waals surface area contributed by atoms with Crippen molar-refractivity contribution in [3.63, 3.8) is 0 Å². The Morgan fingerprint density at radius 3 is 1.89 bits per heavy atom. The minimum absolute atomic E-state index is 0. The van der Waals surface area contributed by atoms with Crippen LogP contribution in [0.4, 0.5) is 0 Å². The molecule has 0 aliphatic carbocycles. The van der Waals surface area contributed by atoms with Crippen LogP contribution in [0.3, 0.4) is 0 Å². The molecule has 0 heterocycles. The first-order valence-corrected chi connectivity index (χ1v) is 5.23. The summed E-state index contributed by atoms with van der Waals surface area (Å²) in [6.45, 7) is 1.24. The van der Waals surface area contributed by atoms with E-state index in [9.17, 15) is 4.79 Å². The van der Waals surface area contributed by atoms with Crippen molar-refractivity contribution < 1.29 is 14.3 Å². The van der Waals surface area contributed by atoms with E-state index in [4.69, 9.17) is 16.2 Å². The predicted molar refractivity (Wildman–Crippen MR) is 79.1 cm³/mol. The number of carbonyl (C=O) groups excluding carboxylic acids is 1. The molecule has 0 aromatic heterocycles. The number of thiocarbonyl (C=S) groups is 2. The van der Waals surface area contributed by atoms with Crippen LogP contribution in [-0.4, -0.2) is 16.3 Å². The highest BCUT2D eigenvalue weighted by atomic mass is 32.1. The second-order valence-corrected chi connectivity index (χ2v) is 3.45. The molecule has 18 heavy (non-hydrogen) atoms. The van der Waals surface area contributed by atoms with Crippen LogP contribution in [0.25, 0.3) is 0 Å². The molecule has 7 heteroatoms. The molecule has 0 radical (unpaired) electrons. The van der Waals surface area contributed by atoms with E-state index in [1.54, 1.807) is 12.1 Å². The Labute approximate surface area is 117 Å². The number of hydrogen-bond acceptors (Lipinski definition) is 5. The van der Waals surface area contributed by atoms with E-state index in [1.165, 1.54) is 6.92 Å². The van der Waals surface area contributed by atoms with Gasteiger partial charge in [0.05, 0.1) is 0 Å². The fourth-order valence-electron chi connectivity index (χ4n) is 0.746. The van der Waals surface area contributed by atoms with E-state index in [0.29, 0.717) is 5.75 Å². The lowest BCUT2D eigenvalue weighted by Crippen LogP contribution is -2.15. The Morgan fingerprint density at radius 1 is 1.11 bits per heavy atom. The number of carbonyl (C=O) groups is 1. The molecular weight excluding hydrogens is 272 g/mol. The quantitative estimate of drug-likeness (QED) is 0.601. The minimum atomic E-state index is -0.479. The maximum Gasteiger partial charge on any atom is 0.309 e. The number of nitrogens with two attached hydrogens (primary N) is 2. The van der Waals surface area contributed by atoms with E-state index < -0.39 is 5.97 Å². The molecule has 5 nitrogen and oxygen atoms in total. The van der Waals surface area contributed by atoms with Gasteiger partial charge in [-0.15, -0.1) is 0 Å². The van der Waals surface area contributed by atoms with Crippen molar-refractivity contribution in [1.82, 2.24) is 0 Å². The lowest BCUT2D eigenvalue weighted by molar-refractivity contribution is -0.132. The fraction of sp³-hybridized carbons (Fsp3) is 0.182. The molecule has 4 N–H and O–H groups in total. The molecule has 0 aliphatic rings. The topological polar surface area (TPSA) is 87.6 Å². The summed E-state index contributed by atoms with van der Waals surface area (Å²) >= 11 is 8.74. The molecule has 0 saturated heterocycles. The summed E-state index contributed by atoms with van der Waals surface area (Å²) in [7, 11) is 0. The standard InChI is InChI=1S/C7H7NOS.C3H5NO2S.CH4/c8-7(10)9-6-4-2-1-3-5-6;1-2(5)6-3(4)7;/h1-5H,(H2,8,10);1H3,(H2,4,7);1H4. The van der Waals surface area contributed by atoms with E-state index in [-0.39, 0.29) is 17.8 Å². The average Bonchev–Trinajstić information content (AvgIpc) is 2.16. The molecule has 0 spiro atoms. The van der Waals surface area contributed by atoms with Gasteiger partial charge in [-0.25, -0.2) is 0 Å². The van der Waals surface area contributed by atoms with Crippen LogP contribution < -0.4 is 16.2 Å². The summed E-state index contributed by atoms with van der Waals surface area (Å²) in [5.74, 6) is 0.197. The largest absolute Gasteiger partial charge is 0.432 e. The summed E-state index contributed by atoms with van der Waals surface area (Å²) < 4.78 is 9.04. The Bertz CT molecular complexity index is 385. The average molecular weight is 288 g/mol. The van der Waals surface area contributed by atoms with Crippen LogP contribution in [0.5, 0.6) is 5.75 Å². The van der Waals surface area contributed by atoms with Gasteiger partial charge >= 0.3 is 5.97 Å². The number of benzene rings is 1. The van der Waals surface area contributed by atoms with Gasteiger partial charge in [0, 0.05) is 6.92 Å². The number of rotatable bonds is 1. The minimum Gasteiger partial charge on any atom is -0.432 e. The van der Waals surface area contributed by atoms with E-state index in [0.717, 1.165) is 0 Å². The third kappa shape index (κ3) is 12.3. The number of para-hydroxylation sites is 1. The van der Waals surface area contributed by atoms with Gasteiger partial charge in [0.15, 0.2) is 0 Å². The second-order valence-electron chi connectivity index (χ2n) is 2.65. The Kier molecular flexibility index (Phi) is 10.8. The zero-order valence-electron chi connectivity index (χ0n) is 9.08. The summed E-state index contributed by atoms with van der Waals surface area (Å²) in [5, 5.41) is -0.182. The number of esters is 1. The predicted octanol–water partition coefficient (Wildman–Crippen LogP) is 1.74. The SMILES string of the molecule is C.CC(=O)OC(N)=S.NC(=S)Oc1ccccc1. The highest BCUT2D eigenvalue weighted by Gasteiger charge is 1.91. The van der Waals surface area contributed by atoms with Crippen LogP contribution in [0.15, 0.2) is 30.3 Å². The molecule has 1 rings (SSSR count). The van der Waals surface area contributed by atoms with E-state index in [2.05, 4.69) is 29.2 Å². The monoisotopic (exact) mass is 288 g/mol. The molecule has 100 valence electrons. The van der Waals surface area contributed by atoms with Gasteiger partial charge < -0.3 is 20.9 Å². The molecular formula is C11H16N2O3S2. The van der Waals surface area contributed by atoms with Gasteiger partial charge in [-0.1, -0.05) is 25.6 Å². The summed E-state index contributed by atoms with van der Waals surface area (Å²) in [5.41, 5.74) is 9.92. The smallest absolute Gasteiger partial charge is 0.309 e. The second kappa shape index (κ2) is 10.4. The van der Waals surface area contributed by atoms with Crippen molar-refractivity contribution in [2.75, 3.05) is 0 Å². The first kappa shape index (κ1) is 18.6. The van der Waals surface area contributed by atoms with Gasteiger partial charge in [0.25, 0.3) is 10.3 Å². The molecule has 1 aromatic rings. The van der Waals surface area contributed by atoms with Crippen LogP contribution in [0, 0.1) is 0 Å². The van der Waals surface area contributed by atoms with Crippen molar-refractivity contribution >= 4 is 40.8 Å². The van der Waals surface area contributed by atoms with Crippen molar-refractivity contribution in [2.45, 2.75) is 14.4 Å². The van der Waals surface area contributed by atoms with Gasteiger partial charge in [0.1, 0.15) is 5.75 Å². The van der Waals surface area contributed by atoms with Crippen LogP contribution in [-0.2, 0) is 9.53 Å². The Balaban J connectivity index is 0. The molecule has 0 fully saturated rings. The first-order valence-electron chi connectivity index (χ1n) is 4.42. The van der Waals surface area contributed by atoms with Gasteiger partial charge in [-0.3, -0.25) is 4.79 Å². The van der Waals surface area contributed by atoms with Crippen LogP contribution in [0.2, 0.25) is 0 Å². The maximum atomic E-state index is 9.86. The summed E-state index contributed by atoms with van der Waals surface area (Å²) in [4.78, 5) is 9.86. The van der Waals surface area contributed by atoms with Crippen molar-refractivity contribution in [3.05, 3.63) is 30.3 Å². The van der Waals surface area contributed by atoms with Gasteiger partial charge in [-0.05, 0) is 36.6 Å². The molecule has 0 saturated carbocycles. The normalized spacial score (nSPS) is 7.83. The van der Waals surface area contributed by atoms with Crippen LogP contribution >= 0.6 is 24.4 Å². The fourth-order valence-corrected chi connectivity index (χ4v) is 0.960. The van der Waals surface area contributed by atoms with Gasteiger partial charge in [-0.2, -0.15) is 0 Å². The van der Waals surface area contributed by atoms with Crippen molar-refractivity contribution in [1.29, 1.82) is 0 Å². The van der Waals surface area contributed by atoms with Crippen LogP contribution in [0.1, 0.15) is 14.4 Å². The summed E-state index contributed by atoms with van der Waals surface area (Å²) in [6, 6.07) is 9.19. The Hall–Kier alpha value is -1.73. The molecule has 0 bridgehead atoms. The molecule has 0 amide bonds. The first-order chi connectivity index (χ1) is 7.91. The zero-order chi connectivity index (χ0) is 13.3. The zero-order valence-corrected chi connectivity index (χ0v) is 10.7. The lowest BCUT2D eigenvalue weighted by Gasteiger charge is -1.99. The Morgan fingerprint density at radius 2 is 1.61 bits per heavy atom. The number of hydrogen-bond donors (Lipinski definition) is 2. The number of ether oxygens (including phenoxy) is 2. The molecule has 0 unspecified atom stereocenters. The maximum absolute atomic E-state index is 9.86.